The van der Waals surface area contributed by atoms with E-state index in [1.165, 1.54) is 12.1 Å². The smallest absolute Gasteiger partial charge is 0.187 e. The monoisotopic (exact) mass is 437 g/mol. The fraction of sp³-hybridized carbons (Fsp3) is 0.353. The first-order valence-corrected chi connectivity index (χ1v) is 12.0. The Morgan fingerprint density at radius 3 is 2.37 bits per heavy atom. The number of sulfone groups is 2. The lowest BCUT2D eigenvalue weighted by Crippen LogP contribution is -2.16. The van der Waals surface area contributed by atoms with Crippen LogP contribution in [-0.2, 0) is 19.7 Å². The number of hydrogen-bond donors (Lipinski definition) is 0. The van der Waals surface area contributed by atoms with E-state index in [0.29, 0.717) is 0 Å². The predicted octanol–water partition coefficient (Wildman–Crippen LogP) is 3.74. The summed E-state index contributed by atoms with van der Waals surface area (Å²) in [4.78, 5) is 3.55. The Labute approximate surface area is 162 Å². The van der Waals surface area contributed by atoms with Crippen molar-refractivity contribution >= 4 is 31.3 Å². The van der Waals surface area contributed by atoms with Crippen LogP contribution in [0.1, 0.15) is 30.1 Å². The molecule has 1 unspecified atom stereocenters. The van der Waals surface area contributed by atoms with Crippen molar-refractivity contribution in [3.05, 3.63) is 58.9 Å². The Hall–Kier alpha value is -1.58. The minimum atomic E-state index is -4.10. The van der Waals surface area contributed by atoms with Gasteiger partial charge in [0.1, 0.15) is 26.6 Å². The maximum atomic E-state index is 14.3. The molecule has 1 aromatic heterocycles. The number of nitrogens with zero attached hydrogens (tertiary/aromatic N) is 1. The van der Waals surface area contributed by atoms with Crippen LogP contribution in [0, 0.1) is 11.6 Å². The van der Waals surface area contributed by atoms with Crippen molar-refractivity contribution < 1.29 is 25.6 Å². The second-order valence-corrected chi connectivity index (χ2v) is 10.9. The highest BCUT2D eigenvalue weighted by Crippen LogP contribution is 2.35. The topological polar surface area (TPSA) is 81.2 Å². The third kappa shape index (κ3) is 5.95. The molecule has 2 rings (SSSR count). The second-order valence-electron chi connectivity index (χ2n) is 6.14. The fourth-order valence-corrected chi connectivity index (χ4v) is 5.25. The highest BCUT2D eigenvalue weighted by atomic mass is 35.5. The van der Waals surface area contributed by atoms with Gasteiger partial charge >= 0.3 is 0 Å². The van der Waals surface area contributed by atoms with Crippen LogP contribution in [0.5, 0.6) is 0 Å². The highest BCUT2D eigenvalue weighted by molar-refractivity contribution is 7.91. The molecule has 148 valence electrons. The first-order chi connectivity index (χ1) is 12.5. The van der Waals surface area contributed by atoms with Crippen LogP contribution >= 0.6 is 11.6 Å². The maximum absolute atomic E-state index is 14.3. The zero-order chi connectivity index (χ0) is 20.2. The number of unbranched alkanes of at least 4 members (excludes halogenated alkanes) is 1. The van der Waals surface area contributed by atoms with E-state index in [9.17, 15) is 25.6 Å². The van der Waals surface area contributed by atoms with Crippen molar-refractivity contribution in [2.24, 2.45) is 0 Å². The van der Waals surface area contributed by atoms with Crippen molar-refractivity contribution in [3.63, 3.8) is 0 Å². The molecule has 0 saturated carbocycles. The summed E-state index contributed by atoms with van der Waals surface area (Å²) in [6.07, 6.45) is 2.47. The van der Waals surface area contributed by atoms with Gasteiger partial charge in [-0.2, -0.15) is 0 Å². The lowest BCUT2D eigenvalue weighted by atomic mass is 10.1. The average Bonchev–Trinajstić information content (AvgIpc) is 2.56. The Morgan fingerprint density at radius 2 is 1.78 bits per heavy atom. The molecule has 10 heteroatoms. The summed E-state index contributed by atoms with van der Waals surface area (Å²) in [5.74, 6) is -1.74. The van der Waals surface area contributed by atoms with Crippen LogP contribution < -0.4 is 0 Å². The van der Waals surface area contributed by atoms with Crippen molar-refractivity contribution in [1.29, 1.82) is 0 Å². The van der Waals surface area contributed by atoms with E-state index in [2.05, 4.69) is 4.98 Å². The summed E-state index contributed by atoms with van der Waals surface area (Å²) < 4.78 is 76.4. The number of rotatable bonds is 8. The summed E-state index contributed by atoms with van der Waals surface area (Å²) in [6, 6.07) is 5.14. The van der Waals surface area contributed by atoms with Crippen molar-refractivity contribution in [2.75, 3.05) is 12.0 Å². The Bertz CT molecular complexity index is 1010. The summed E-state index contributed by atoms with van der Waals surface area (Å²) in [5, 5.41) is -1.29. The van der Waals surface area contributed by atoms with Crippen LogP contribution in [0.2, 0.25) is 5.15 Å². The molecule has 5 nitrogen and oxygen atoms in total. The van der Waals surface area contributed by atoms with Gasteiger partial charge in [0, 0.05) is 23.8 Å². The molecule has 0 aliphatic heterocycles. The molecule has 0 bridgehead atoms. The van der Waals surface area contributed by atoms with E-state index in [4.69, 9.17) is 11.6 Å². The van der Waals surface area contributed by atoms with Gasteiger partial charge in [-0.3, -0.25) is 0 Å². The van der Waals surface area contributed by atoms with Crippen LogP contribution in [0.3, 0.4) is 0 Å². The maximum Gasteiger partial charge on any atom is 0.187 e. The predicted molar refractivity (Wildman–Crippen MR) is 99.1 cm³/mol. The highest BCUT2D eigenvalue weighted by Gasteiger charge is 2.31. The molecule has 0 aliphatic rings. The van der Waals surface area contributed by atoms with Crippen LogP contribution in [0.25, 0.3) is 0 Å². The fourth-order valence-electron chi connectivity index (χ4n) is 2.63. The molecule has 0 N–H and O–H groups in total. The van der Waals surface area contributed by atoms with E-state index in [-0.39, 0.29) is 40.6 Å². The first-order valence-electron chi connectivity index (χ1n) is 7.99. The van der Waals surface area contributed by atoms with Crippen LogP contribution in [0.15, 0.2) is 41.4 Å². The summed E-state index contributed by atoms with van der Waals surface area (Å²) in [6.45, 7) is 0. The van der Waals surface area contributed by atoms with Gasteiger partial charge in [-0.25, -0.2) is 30.6 Å². The van der Waals surface area contributed by atoms with Gasteiger partial charge in [0.15, 0.2) is 9.84 Å². The lowest BCUT2D eigenvalue weighted by molar-refractivity contribution is 0.543. The van der Waals surface area contributed by atoms with Gasteiger partial charge in [-0.15, -0.1) is 0 Å². The minimum Gasteiger partial charge on any atom is -0.243 e. The van der Waals surface area contributed by atoms with Crippen molar-refractivity contribution in [2.45, 2.75) is 29.4 Å². The number of benzene rings is 1. The molecule has 2 aromatic rings. The minimum absolute atomic E-state index is 0.0686. The number of pyridine rings is 1. The molecule has 0 radical (unpaired) electrons. The van der Waals surface area contributed by atoms with Gasteiger partial charge < -0.3 is 0 Å². The number of hydrogen-bond acceptors (Lipinski definition) is 5. The van der Waals surface area contributed by atoms with Gasteiger partial charge in [-0.05, 0) is 43.2 Å². The van der Waals surface area contributed by atoms with Crippen LogP contribution in [0.4, 0.5) is 8.78 Å². The van der Waals surface area contributed by atoms with E-state index in [1.54, 1.807) is 0 Å². The summed E-state index contributed by atoms with van der Waals surface area (Å²) >= 11 is 5.68. The standard InChI is InChI=1S/C17H18ClF2NO4S2/c1-26(22,23)9-3-2-4-16(14-10-12(19)5-7-15(14)20)27(24,25)13-6-8-17(18)21-11-13/h5-8,10-11,16H,2-4,9H2,1H3. The van der Waals surface area contributed by atoms with Gasteiger partial charge in [0.2, 0.25) is 0 Å². The lowest BCUT2D eigenvalue weighted by Gasteiger charge is -2.19. The third-order valence-electron chi connectivity index (χ3n) is 3.94. The number of aromatic nitrogens is 1. The van der Waals surface area contributed by atoms with E-state index < -0.39 is 36.6 Å². The molecular weight excluding hydrogens is 420 g/mol. The quantitative estimate of drug-likeness (QED) is 0.464. The second kappa shape index (κ2) is 8.62. The zero-order valence-corrected chi connectivity index (χ0v) is 16.8. The Morgan fingerprint density at radius 1 is 1.07 bits per heavy atom. The van der Waals surface area contributed by atoms with Crippen molar-refractivity contribution in [3.8, 4) is 0 Å². The molecule has 1 atom stereocenters. The molecule has 0 fully saturated rings. The first kappa shape index (κ1) is 21.7. The molecule has 27 heavy (non-hydrogen) atoms. The molecule has 0 aliphatic carbocycles. The Balaban J connectivity index is 2.39. The number of halogens is 3. The van der Waals surface area contributed by atoms with Gasteiger partial charge in [-0.1, -0.05) is 18.0 Å². The van der Waals surface area contributed by atoms with Crippen LogP contribution in [-0.4, -0.2) is 33.8 Å². The summed E-state index contributed by atoms with van der Waals surface area (Å²) in [5.41, 5.74) is -0.302. The zero-order valence-electron chi connectivity index (χ0n) is 14.4. The van der Waals surface area contributed by atoms with E-state index >= 15 is 0 Å². The van der Waals surface area contributed by atoms with Gasteiger partial charge in [0.05, 0.1) is 10.1 Å². The van der Waals surface area contributed by atoms with Gasteiger partial charge in [0.25, 0.3) is 0 Å². The molecule has 0 saturated heterocycles. The third-order valence-corrected chi connectivity index (χ3v) is 7.33. The normalized spacial score (nSPS) is 13.5. The molecular formula is C17H18ClF2NO4S2. The molecule has 0 amide bonds. The molecule has 0 spiro atoms. The van der Waals surface area contributed by atoms with E-state index in [0.717, 1.165) is 30.7 Å². The average molecular weight is 438 g/mol. The van der Waals surface area contributed by atoms with Crippen molar-refractivity contribution in [1.82, 2.24) is 4.98 Å². The Kier molecular flexibility index (Phi) is 6.93. The molecule has 1 heterocycles. The largest absolute Gasteiger partial charge is 0.243 e. The SMILES string of the molecule is CS(=O)(=O)CCCCC(c1cc(F)ccc1F)S(=O)(=O)c1ccc(Cl)nc1. The van der Waals surface area contributed by atoms with E-state index in [1.807, 2.05) is 0 Å². The molecule has 1 aromatic carbocycles. The summed E-state index contributed by atoms with van der Waals surface area (Å²) in [7, 11) is -7.31.